The molecule has 0 unspecified atom stereocenters. The van der Waals surface area contributed by atoms with Gasteiger partial charge in [-0.15, -0.1) is 0 Å². The lowest BCUT2D eigenvalue weighted by molar-refractivity contribution is 0.0963. The van der Waals surface area contributed by atoms with E-state index in [4.69, 9.17) is 0 Å². The molecule has 122 valence electrons. The van der Waals surface area contributed by atoms with Gasteiger partial charge in [0.1, 0.15) is 0 Å². The first-order chi connectivity index (χ1) is 10.4. The molecule has 1 aromatic carbocycles. The zero-order valence-corrected chi connectivity index (χ0v) is 13.8. The monoisotopic (exact) mass is 325 g/mol. The van der Waals surface area contributed by atoms with Gasteiger partial charge in [0.05, 0.1) is 0 Å². The number of piperidine rings is 1. The van der Waals surface area contributed by atoms with Gasteiger partial charge >= 0.3 is 0 Å². The van der Waals surface area contributed by atoms with Gasteiger partial charge in [-0.05, 0) is 36.5 Å². The minimum Gasteiger partial charge on any atom is -0.355 e. The largest absolute Gasteiger partial charge is 0.355 e. The molecule has 1 aliphatic heterocycles. The van der Waals surface area contributed by atoms with Crippen LogP contribution in [0, 0.1) is 5.92 Å². The van der Waals surface area contributed by atoms with Crippen LogP contribution in [0.5, 0.6) is 0 Å². The molecule has 1 atom stereocenters. The fraction of sp³-hybridized carbons (Fsp3) is 0.533. The molecule has 2 rings (SSSR count). The molecule has 1 saturated heterocycles. The normalized spacial score (nSPS) is 19.8. The average Bonchev–Trinajstić information content (AvgIpc) is 2.52. The number of rotatable bonds is 5. The molecular weight excluding hydrogens is 302 g/mol. The Labute approximate surface area is 132 Å². The van der Waals surface area contributed by atoms with E-state index in [0.717, 1.165) is 18.4 Å². The standard InChI is InChI=1S/C15H23N3O3S/c1-12-5-4-8-18(11-12)22(20,21)17-10-13-6-3-7-14(9-13)15(19)16-2/h3,6-7,9,12,17H,4-5,8,10-11H2,1-2H3,(H,16,19)/t12-/m0/s1. The zero-order chi connectivity index (χ0) is 16.2. The van der Waals surface area contributed by atoms with Crippen molar-refractivity contribution in [3.63, 3.8) is 0 Å². The van der Waals surface area contributed by atoms with E-state index < -0.39 is 10.2 Å². The zero-order valence-electron chi connectivity index (χ0n) is 13.0. The number of hydrogen-bond acceptors (Lipinski definition) is 3. The summed E-state index contributed by atoms with van der Waals surface area (Å²) in [6.07, 6.45) is 1.97. The lowest BCUT2D eigenvalue weighted by atomic mass is 10.0. The third-order valence-electron chi connectivity index (χ3n) is 3.83. The van der Waals surface area contributed by atoms with Crippen molar-refractivity contribution in [1.29, 1.82) is 0 Å². The fourth-order valence-electron chi connectivity index (χ4n) is 2.60. The molecule has 1 aromatic rings. The summed E-state index contributed by atoms with van der Waals surface area (Å²) < 4.78 is 28.7. The van der Waals surface area contributed by atoms with Crippen LogP contribution in [-0.4, -0.2) is 38.8 Å². The van der Waals surface area contributed by atoms with Crippen LogP contribution in [0.1, 0.15) is 35.7 Å². The summed E-state index contributed by atoms with van der Waals surface area (Å²) in [5, 5.41) is 2.55. The maximum atomic E-state index is 12.3. The Balaban J connectivity index is 2.01. The molecule has 0 saturated carbocycles. The number of amides is 1. The van der Waals surface area contributed by atoms with E-state index in [-0.39, 0.29) is 12.5 Å². The maximum Gasteiger partial charge on any atom is 0.279 e. The van der Waals surface area contributed by atoms with Crippen LogP contribution in [0.4, 0.5) is 0 Å². The summed E-state index contributed by atoms with van der Waals surface area (Å²) in [7, 11) is -1.91. The predicted molar refractivity (Wildman–Crippen MR) is 85.6 cm³/mol. The Kier molecular flexibility index (Phi) is 5.55. The first-order valence-corrected chi connectivity index (χ1v) is 8.92. The van der Waals surface area contributed by atoms with Gasteiger partial charge in [0.2, 0.25) is 0 Å². The molecule has 6 nitrogen and oxygen atoms in total. The third kappa shape index (κ3) is 4.28. The predicted octanol–water partition coefficient (Wildman–Crippen LogP) is 1.11. The number of benzene rings is 1. The van der Waals surface area contributed by atoms with Crippen LogP contribution in [0.2, 0.25) is 0 Å². The van der Waals surface area contributed by atoms with E-state index in [2.05, 4.69) is 17.0 Å². The van der Waals surface area contributed by atoms with Gasteiger partial charge in [0.25, 0.3) is 16.1 Å². The Bertz CT molecular complexity index is 631. The van der Waals surface area contributed by atoms with Crippen LogP contribution < -0.4 is 10.0 Å². The molecule has 0 radical (unpaired) electrons. The minimum atomic E-state index is -3.47. The first kappa shape index (κ1) is 16.9. The number of hydrogen-bond donors (Lipinski definition) is 2. The van der Waals surface area contributed by atoms with Crippen molar-refractivity contribution in [3.8, 4) is 0 Å². The second-order valence-electron chi connectivity index (χ2n) is 5.71. The van der Waals surface area contributed by atoms with Gasteiger partial charge < -0.3 is 5.32 Å². The van der Waals surface area contributed by atoms with Crippen molar-refractivity contribution in [2.45, 2.75) is 26.3 Å². The summed E-state index contributed by atoms with van der Waals surface area (Å²) in [5.41, 5.74) is 1.28. The van der Waals surface area contributed by atoms with Crippen molar-refractivity contribution in [1.82, 2.24) is 14.3 Å². The third-order valence-corrected chi connectivity index (χ3v) is 5.36. The summed E-state index contributed by atoms with van der Waals surface area (Å²) in [6.45, 7) is 3.37. The Morgan fingerprint density at radius 2 is 2.18 bits per heavy atom. The highest BCUT2D eigenvalue weighted by Crippen LogP contribution is 2.18. The highest BCUT2D eigenvalue weighted by molar-refractivity contribution is 7.87. The highest BCUT2D eigenvalue weighted by Gasteiger charge is 2.26. The van der Waals surface area contributed by atoms with Crippen molar-refractivity contribution < 1.29 is 13.2 Å². The molecule has 1 heterocycles. The van der Waals surface area contributed by atoms with Crippen LogP contribution in [0.25, 0.3) is 0 Å². The molecule has 1 fully saturated rings. The van der Waals surface area contributed by atoms with E-state index in [1.54, 1.807) is 31.3 Å². The van der Waals surface area contributed by atoms with E-state index >= 15 is 0 Å². The second kappa shape index (κ2) is 7.21. The average molecular weight is 325 g/mol. The van der Waals surface area contributed by atoms with E-state index in [0.29, 0.717) is 24.6 Å². The number of nitrogens with one attached hydrogen (secondary N) is 2. The van der Waals surface area contributed by atoms with E-state index in [1.165, 1.54) is 4.31 Å². The Morgan fingerprint density at radius 3 is 2.86 bits per heavy atom. The first-order valence-electron chi connectivity index (χ1n) is 7.48. The van der Waals surface area contributed by atoms with Crippen LogP contribution in [0.3, 0.4) is 0 Å². The molecule has 1 amide bonds. The van der Waals surface area contributed by atoms with E-state index in [1.807, 2.05) is 0 Å². The summed E-state index contributed by atoms with van der Waals surface area (Å²) >= 11 is 0. The van der Waals surface area contributed by atoms with Crippen LogP contribution in [0.15, 0.2) is 24.3 Å². The molecule has 0 aliphatic carbocycles. The molecule has 0 spiro atoms. The Hall–Kier alpha value is -1.44. The number of carbonyl (C=O) groups is 1. The quantitative estimate of drug-likeness (QED) is 0.851. The lowest BCUT2D eigenvalue weighted by Gasteiger charge is -2.30. The summed E-state index contributed by atoms with van der Waals surface area (Å²) in [6, 6.07) is 6.94. The Morgan fingerprint density at radius 1 is 1.41 bits per heavy atom. The molecule has 22 heavy (non-hydrogen) atoms. The van der Waals surface area contributed by atoms with Crippen LogP contribution >= 0.6 is 0 Å². The molecule has 2 N–H and O–H groups in total. The van der Waals surface area contributed by atoms with Gasteiger partial charge in [-0.2, -0.15) is 17.4 Å². The van der Waals surface area contributed by atoms with Crippen LogP contribution in [-0.2, 0) is 16.8 Å². The van der Waals surface area contributed by atoms with E-state index in [9.17, 15) is 13.2 Å². The second-order valence-corrected chi connectivity index (χ2v) is 7.47. The van der Waals surface area contributed by atoms with Gasteiger partial charge in [0, 0.05) is 32.2 Å². The van der Waals surface area contributed by atoms with Crippen molar-refractivity contribution >= 4 is 16.1 Å². The highest BCUT2D eigenvalue weighted by atomic mass is 32.2. The maximum absolute atomic E-state index is 12.3. The van der Waals surface area contributed by atoms with Gasteiger partial charge in [0.15, 0.2) is 0 Å². The van der Waals surface area contributed by atoms with Crippen molar-refractivity contribution in [2.75, 3.05) is 20.1 Å². The minimum absolute atomic E-state index is 0.179. The SMILES string of the molecule is CNC(=O)c1cccc(CNS(=O)(=O)N2CCC[C@H](C)C2)c1. The van der Waals surface area contributed by atoms with Crippen molar-refractivity contribution in [3.05, 3.63) is 35.4 Å². The number of nitrogens with zero attached hydrogens (tertiary/aromatic N) is 1. The molecule has 0 aromatic heterocycles. The molecular formula is C15H23N3O3S. The number of carbonyl (C=O) groups excluding carboxylic acids is 1. The summed E-state index contributed by atoms with van der Waals surface area (Å²) in [4.78, 5) is 11.6. The molecule has 7 heteroatoms. The molecule has 0 bridgehead atoms. The topological polar surface area (TPSA) is 78.5 Å². The lowest BCUT2D eigenvalue weighted by Crippen LogP contribution is -2.45. The van der Waals surface area contributed by atoms with Gasteiger partial charge in [-0.1, -0.05) is 19.1 Å². The van der Waals surface area contributed by atoms with Crippen molar-refractivity contribution in [2.24, 2.45) is 5.92 Å². The summed E-state index contributed by atoms with van der Waals surface area (Å²) in [5.74, 6) is 0.205. The van der Waals surface area contributed by atoms with Gasteiger partial charge in [-0.3, -0.25) is 4.79 Å². The smallest absolute Gasteiger partial charge is 0.279 e. The van der Waals surface area contributed by atoms with Gasteiger partial charge in [-0.25, -0.2) is 0 Å². The molecule has 1 aliphatic rings. The fourth-order valence-corrected chi connectivity index (χ4v) is 3.95.